The molecule has 0 saturated heterocycles. The van der Waals surface area contributed by atoms with E-state index in [2.05, 4.69) is 5.32 Å². The summed E-state index contributed by atoms with van der Waals surface area (Å²) in [7, 11) is -1.00. The van der Waals surface area contributed by atoms with Crippen molar-refractivity contribution in [1.82, 2.24) is 10.2 Å². The molecule has 0 spiro atoms. The summed E-state index contributed by atoms with van der Waals surface area (Å²) in [6.07, 6.45) is 3.02. The fourth-order valence-corrected chi connectivity index (χ4v) is 5.02. The second-order valence-electron chi connectivity index (χ2n) is 8.65. The number of rotatable bonds is 14. The average Bonchev–Trinajstić information content (AvgIpc) is 2.88. The van der Waals surface area contributed by atoms with E-state index >= 15 is 0 Å². The molecule has 0 saturated carbocycles. The summed E-state index contributed by atoms with van der Waals surface area (Å²) < 4.78 is 37.1. The highest BCUT2D eigenvalue weighted by atomic mass is 35.5. The lowest BCUT2D eigenvalue weighted by Gasteiger charge is -2.33. The Labute approximate surface area is 235 Å². The first-order chi connectivity index (χ1) is 18.0. The van der Waals surface area contributed by atoms with E-state index in [1.165, 1.54) is 31.3 Å². The van der Waals surface area contributed by atoms with Crippen LogP contribution in [0.4, 0.5) is 5.69 Å². The van der Waals surface area contributed by atoms with Crippen LogP contribution in [0.3, 0.4) is 0 Å². The summed E-state index contributed by atoms with van der Waals surface area (Å²) in [5, 5.41) is 3.54. The van der Waals surface area contributed by atoms with Crippen LogP contribution in [0.1, 0.15) is 38.7 Å². The van der Waals surface area contributed by atoms with Crippen LogP contribution in [-0.2, 0) is 26.2 Å². The lowest BCUT2D eigenvalue weighted by Crippen LogP contribution is -2.52. The molecule has 0 aliphatic carbocycles. The SMILES string of the molecule is CCCCNC(=O)[C@@H](CC)N(Cc1ccc(Cl)c(Cl)c1)C(=O)CN(c1ccc(OC)c(OC)c1)S(C)(=O)=O. The van der Waals surface area contributed by atoms with Crippen molar-refractivity contribution in [3.63, 3.8) is 0 Å². The molecule has 2 aromatic rings. The topological polar surface area (TPSA) is 105 Å². The first-order valence-electron chi connectivity index (χ1n) is 12.2. The van der Waals surface area contributed by atoms with Gasteiger partial charge in [-0.05, 0) is 42.7 Å². The molecule has 0 aromatic heterocycles. The van der Waals surface area contributed by atoms with Crippen molar-refractivity contribution in [2.24, 2.45) is 0 Å². The number of unbranched alkanes of at least 4 members (excludes halogenated alkanes) is 1. The zero-order valence-electron chi connectivity index (χ0n) is 22.3. The van der Waals surface area contributed by atoms with Gasteiger partial charge in [0, 0.05) is 19.2 Å². The van der Waals surface area contributed by atoms with Gasteiger partial charge < -0.3 is 19.7 Å². The zero-order valence-corrected chi connectivity index (χ0v) is 24.6. The second-order valence-corrected chi connectivity index (χ2v) is 11.4. The fraction of sp³-hybridized carbons (Fsp3) is 0.462. The van der Waals surface area contributed by atoms with Gasteiger partial charge in [-0.2, -0.15) is 0 Å². The van der Waals surface area contributed by atoms with Gasteiger partial charge in [-0.1, -0.05) is 49.5 Å². The molecule has 38 heavy (non-hydrogen) atoms. The Morgan fingerprint density at radius 3 is 2.24 bits per heavy atom. The van der Waals surface area contributed by atoms with E-state index in [1.54, 1.807) is 31.2 Å². The molecule has 0 aliphatic heterocycles. The molecule has 1 N–H and O–H groups in total. The maximum Gasteiger partial charge on any atom is 0.244 e. The van der Waals surface area contributed by atoms with Gasteiger partial charge in [0.25, 0.3) is 0 Å². The van der Waals surface area contributed by atoms with Gasteiger partial charge in [0.05, 0.1) is 36.2 Å². The monoisotopic (exact) mass is 587 g/mol. The molecule has 0 radical (unpaired) electrons. The highest BCUT2D eigenvalue weighted by Gasteiger charge is 2.32. The number of nitrogens with zero attached hydrogens (tertiary/aromatic N) is 2. The van der Waals surface area contributed by atoms with Crippen LogP contribution in [0.25, 0.3) is 0 Å². The molecule has 2 amide bonds. The van der Waals surface area contributed by atoms with E-state index in [0.717, 1.165) is 23.4 Å². The third-order valence-electron chi connectivity index (χ3n) is 5.89. The van der Waals surface area contributed by atoms with Gasteiger partial charge in [-0.25, -0.2) is 8.42 Å². The highest BCUT2D eigenvalue weighted by Crippen LogP contribution is 2.32. The van der Waals surface area contributed by atoms with Gasteiger partial charge in [0.15, 0.2) is 11.5 Å². The summed E-state index contributed by atoms with van der Waals surface area (Å²) in [4.78, 5) is 28.2. The highest BCUT2D eigenvalue weighted by molar-refractivity contribution is 7.92. The largest absolute Gasteiger partial charge is 0.493 e. The van der Waals surface area contributed by atoms with Crippen LogP contribution in [0.5, 0.6) is 11.5 Å². The summed E-state index contributed by atoms with van der Waals surface area (Å²) in [6.45, 7) is 3.77. The van der Waals surface area contributed by atoms with E-state index < -0.39 is 28.5 Å². The predicted octanol–water partition coefficient (Wildman–Crippen LogP) is 4.50. The standard InChI is InChI=1S/C26H35Cl2N3O6S/c1-6-8-13-29-26(33)22(7-2)30(16-18-9-11-20(27)21(28)14-18)25(32)17-31(38(5,34)35)19-10-12-23(36-3)24(15-19)37-4/h9-12,14-15,22H,6-8,13,16-17H2,1-5H3,(H,29,33)/t22-/m1/s1. The van der Waals surface area contributed by atoms with E-state index in [4.69, 9.17) is 32.7 Å². The minimum atomic E-state index is -3.90. The van der Waals surface area contributed by atoms with Gasteiger partial charge in [0.1, 0.15) is 12.6 Å². The summed E-state index contributed by atoms with van der Waals surface area (Å²) >= 11 is 12.2. The van der Waals surface area contributed by atoms with Crippen LogP contribution in [-0.4, -0.2) is 64.7 Å². The van der Waals surface area contributed by atoms with E-state index in [1.807, 2.05) is 6.92 Å². The van der Waals surface area contributed by atoms with Crippen molar-refractivity contribution in [3.8, 4) is 11.5 Å². The van der Waals surface area contributed by atoms with Crippen molar-refractivity contribution in [2.45, 2.75) is 45.7 Å². The number of carbonyl (C=O) groups is 2. The van der Waals surface area contributed by atoms with E-state index in [0.29, 0.717) is 40.1 Å². The normalized spacial score (nSPS) is 12.0. The number of amides is 2. The van der Waals surface area contributed by atoms with Crippen molar-refractivity contribution >= 4 is 50.7 Å². The van der Waals surface area contributed by atoms with Gasteiger partial charge in [0.2, 0.25) is 21.8 Å². The minimum Gasteiger partial charge on any atom is -0.493 e. The molecule has 0 heterocycles. The molecule has 12 heteroatoms. The Bertz CT molecular complexity index is 1230. The molecular formula is C26H35Cl2N3O6S. The summed E-state index contributed by atoms with van der Waals surface area (Å²) in [5.74, 6) is -0.160. The summed E-state index contributed by atoms with van der Waals surface area (Å²) in [6, 6.07) is 8.66. The predicted molar refractivity (Wildman–Crippen MR) is 151 cm³/mol. The average molecular weight is 589 g/mol. The molecule has 0 aliphatic rings. The maximum absolute atomic E-state index is 13.8. The van der Waals surface area contributed by atoms with Crippen molar-refractivity contribution < 1.29 is 27.5 Å². The fourth-order valence-electron chi connectivity index (χ4n) is 3.85. The number of sulfonamides is 1. The number of anilines is 1. The van der Waals surface area contributed by atoms with Gasteiger partial charge >= 0.3 is 0 Å². The van der Waals surface area contributed by atoms with Crippen LogP contribution >= 0.6 is 23.2 Å². The van der Waals surface area contributed by atoms with Crippen molar-refractivity contribution in [1.29, 1.82) is 0 Å². The van der Waals surface area contributed by atoms with Crippen LogP contribution in [0.15, 0.2) is 36.4 Å². The summed E-state index contributed by atoms with van der Waals surface area (Å²) in [5.41, 5.74) is 0.859. The smallest absolute Gasteiger partial charge is 0.244 e. The number of hydrogen-bond donors (Lipinski definition) is 1. The third kappa shape index (κ3) is 8.41. The number of halogens is 2. The van der Waals surface area contributed by atoms with Gasteiger partial charge in [-0.3, -0.25) is 13.9 Å². The molecule has 210 valence electrons. The van der Waals surface area contributed by atoms with Crippen molar-refractivity contribution in [2.75, 3.05) is 37.9 Å². The Morgan fingerprint density at radius 1 is 1.00 bits per heavy atom. The lowest BCUT2D eigenvalue weighted by molar-refractivity contribution is -0.140. The lowest BCUT2D eigenvalue weighted by atomic mass is 10.1. The van der Waals surface area contributed by atoms with E-state index in [-0.39, 0.29) is 18.1 Å². The number of nitrogens with one attached hydrogen (secondary N) is 1. The number of ether oxygens (including phenoxy) is 2. The third-order valence-corrected chi connectivity index (χ3v) is 7.77. The number of methoxy groups -OCH3 is 2. The molecular weight excluding hydrogens is 553 g/mol. The second kappa shape index (κ2) is 14.5. The van der Waals surface area contributed by atoms with Crippen molar-refractivity contribution in [3.05, 3.63) is 52.0 Å². The van der Waals surface area contributed by atoms with Crippen LogP contribution in [0, 0.1) is 0 Å². The quantitative estimate of drug-likeness (QED) is 0.326. The Balaban J connectivity index is 2.48. The Kier molecular flexibility index (Phi) is 12.0. The van der Waals surface area contributed by atoms with Crippen LogP contribution in [0.2, 0.25) is 10.0 Å². The number of carbonyl (C=O) groups excluding carboxylic acids is 2. The van der Waals surface area contributed by atoms with Crippen LogP contribution < -0.4 is 19.1 Å². The molecule has 0 unspecified atom stereocenters. The molecule has 9 nitrogen and oxygen atoms in total. The molecule has 0 bridgehead atoms. The molecule has 0 fully saturated rings. The maximum atomic E-state index is 13.8. The van der Waals surface area contributed by atoms with Gasteiger partial charge in [-0.15, -0.1) is 0 Å². The molecule has 1 atom stereocenters. The first-order valence-corrected chi connectivity index (χ1v) is 14.8. The molecule has 2 rings (SSSR count). The molecule has 2 aromatic carbocycles. The number of benzene rings is 2. The number of hydrogen-bond acceptors (Lipinski definition) is 6. The first kappa shape index (κ1) is 31.5. The zero-order chi connectivity index (χ0) is 28.5. The Morgan fingerprint density at radius 2 is 1.68 bits per heavy atom. The van der Waals surface area contributed by atoms with E-state index in [9.17, 15) is 18.0 Å². The minimum absolute atomic E-state index is 0.0267. The Hall–Kier alpha value is -2.69.